The van der Waals surface area contributed by atoms with E-state index in [0.29, 0.717) is 0 Å². The highest BCUT2D eigenvalue weighted by atomic mass is 32.1. The Balaban J connectivity index is 1.15. The molecule has 11 aromatic rings. The average molecular weight is 708 g/mol. The molecule has 4 aromatic heterocycles. The molecule has 0 saturated carbocycles. The van der Waals surface area contributed by atoms with Gasteiger partial charge in [-0.2, -0.15) is 0 Å². The van der Waals surface area contributed by atoms with E-state index in [-0.39, 0.29) is 0 Å². The zero-order valence-electron chi connectivity index (χ0n) is 26.9. The van der Waals surface area contributed by atoms with E-state index in [9.17, 15) is 0 Å². The van der Waals surface area contributed by atoms with Crippen molar-refractivity contribution < 1.29 is 4.42 Å². The first-order valence-electron chi connectivity index (χ1n) is 16.7. The molecular weight excluding hydrogens is 683 g/mol. The van der Waals surface area contributed by atoms with Gasteiger partial charge in [-0.1, -0.05) is 60.7 Å². The van der Waals surface area contributed by atoms with Crippen molar-refractivity contribution in [3.05, 3.63) is 152 Å². The Kier molecular flexibility index (Phi) is 6.43. The molecule has 11 rings (SSSR count). The van der Waals surface area contributed by atoms with Gasteiger partial charge in [-0.25, -0.2) is 9.97 Å². The normalized spacial score (nSPS) is 11.9. The van der Waals surface area contributed by atoms with Crippen molar-refractivity contribution in [2.24, 2.45) is 0 Å². The van der Waals surface area contributed by atoms with Crippen molar-refractivity contribution in [1.29, 1.82) is 0 Å². The van der Waals surface area contributed by atoms with Gasteiger partial charge in [0.25, 0.3) is 0 Å². The van der Waals surface area contributed by atoms with Crippen LogP contribution in [0.15, 0.2) is 156 Å². The van der Waals surface area contributed by atoms with Crippen LogP contribution in [0.1, 0.15) is 0 Å². The van der Waals surface area contributed by atoms with Crippen LogP contribution < -0.4 is 4.90 Å². The third-order valence-corrected chi connectivity index (χ3v) is 12.8. The number of anilines is 3. The van der Waals surface area contributed by atoms with E-state index >= 15 is 0 Å². The van der Waals surface area contributed by atoms with Gasteiger partial charge in [0.2, 0.25) is 0 Å². The Hall–Kier alpha value is -5.86. The van der Waals surface area contributed by atoms with Crippen molar-refractivity contribution in [2.45, 2.75) is 0 Å². The molecule has 0 radical (unpaired) electrons. The van der Waals surface area contributed by atoms with Crippen LogP contribution in [-0.2, 0) is 0 Å². The van der Waals surface area contributed by atoms with Gasteiger partial charge in [0.15, 0.2) is 0 Å². The van der Waals surface area contributed by atoms with Gasteiger partial charge >= 0.3 is 0 Å². The molecule has 0 unspecified atom stereocenters. The minimum Gasteiger partial charge on any atom is -0.456 e. The molecule has 0 atom stereocenters. The molecule has 51 heavy (non-hydrogen) atoms. The maximum Gasteiger partial charge on any atom is 0.135 e. The van der Waals surface area contributed by atoms with Crippen LogP contribution in [-0.4, -0.2) is 9.97 Å². The molecule has 0 N–H and O–H groups in total. The summed E-state index contributed by atoms with van der Waals surface area (Å²) in [5.41, 5.74) is 9.25. The van der Waals surface area contributed by atoms with Gasteiger partial charge in [0, 0.05) is 59.1 Å². The van der Waals surface area contributed by atoms with Gasteiger partial charge in [0.1, 0.15) is 21.2 Å². The Morgan fingerprint density at radius 1 is 0.431 bits per heavy atom. The number of thiophene rings is 1. The molecule has 0 saturated heterocycles. The van der Waals surface area contributed by atoms with E-state index in [1.807, 2.05) is 29.5 Å². The molecule has 0 fully saturated rings. The molecule has 0 amide bonds. The van der Waals surface area contributed by atoms with Crippen LogP contribution in [0, 0.1) is 0 Å². The number of hydrogen-bond acceptors (Lipinski definition) is 7. The summed E-state index contributed by atoms with van der Waals surface area (Å²) in [6.07, 6.45) is 0. The third-order valence-electron chi connectivity index (χ3n) is 9.53. The summed E-state index contributed by atoms with van der Waals surface area (Å²) in [7, 11) is 0. The third kappa shape index (κ3) is 4.70. The molecule has 7 heteroatoms. The molecule has 0 aliphatic rings. The predicted octanol–water partition coefficient (Wildman–Crippen LogP) is 14.0. The van der Waals surface area contributed by atoms with Gasteiger partial charge in [-0.3, -0.25) is 0 Å². The van der Waals surface area contributed by atoms with E-state index in [1.54, 1.807) is 22.7 Å². The molecule has 7 aromatic carbocycles. The monoisotopic (exact) mass is 707 g/mol. The standard InChI is InChI=1S/C44H25N3OS3/c1-5-13-36-30(9-1)32-23-28(21-22-37(32)48-36)47(27-19-17-26(18-20-27)43-45-34-11-3-7-15-39(34)50-43)29-24-33(44-46-35-12-4-8-16-40(35)51-44)42-31-10-2-6-14-38(31)49-41(42)25-29/h1-25H. The fourth-order valence-electron chi connectivity index (χ4n) is 7.17. The Morgan fingerprint density at radius 2 is 1.06 bits per heavy atom. The highest BCUT2D eigenvalue weighted by molar-refractivity contribution is 7.26. The Morgan fingerprint density at radius 3 is 1.84 bits per heavy atom. The van der Waals surface area contributed by atoms with Gasteiger partial charge < -0.3 is 9.32 Å². The number of rotatable bonds is 5. The number of thiazole rings is 2. The Labute approximate surface area is 304 Å². The number of hydrogen-bond donors (Lipinski definition) is 0. The summed E-state index contributed by atoms with van der Waals surface area (Å²) >= 11 is 5.31. The lowest BCUT2D eigenvalue weighted by Crippen LogP contribution is -2.10. The highest BCUT2D eigenvalue weighted by Gasteiger charge is 2.21. The van der Waals surface area contributed by atoms with Crippen LogP contribution in [0.2, 0.25) is 0 Å². The van der Waals surface area contributed by atoms with Crippen LogP contribution in [0.25, 0.3) is 83.7 Å². The number of fused-ring (bicyclic) bond motifs is 8. The molecule has 4 heterocycles. The van der Waals surface area contributed by atoms with Crippen molar-refractivity contribution in [3.63, 3.8) is 0 Å². The van der Waals surface area contributed by atoms with Crippen LogP contribution in [0.3, 0.4) is 0 Å². The fraction of sp³-hybridized carbons (Fsp3) is 0. The summed E-state index contributed by atoms with van der Waals surface area (Å²) in [4.78, 5) is 12.5. The first-order chi connectivity index (χ1) is 25.2. The molecular formula is C44H25N3OS3. The summed E-state index contributed by atoms with van der Waals surface area (Å²) < 4.78 is 11.1. The van der Waals surface area contributed by atoms with Gasteiger partial charge in [-0.05, 0) is 91.0 Å². The number of benzene rings is 7. The van der Waals surface area contributed by atoms with Crippen LogP contribution in [0.4, 0.5) is 17.1 Å². The number of aromatic nitrogens is 2. The molecule has 0 bridgehead atoms. The summed E-state index contributed by atoms with van der Waals surface area (Å²) in [5, 5.41) is 6.75. The van der Waals surface area contributed by atoms with Gasteiger partial charge in [0.05, 0.1) is 20.4 Å². The lowest BCUT2D eigenvalue weighted by Gasteiger charge is -2.26. The summed E-state index contributed by atoms with van der Waals surface area (Å²) in [6.45, 7) is 0. The van der Waals surface area contributed by atoms with E-state index in [1.165, 1.54) is 29.6 Å². The predicted molar refractivity (Wildman–Crippen MR) is 219 cm³/mol. The second kappa shape index (κ2) is 11.3. The summed E-state index contributed by atoms with van der Waals surface area (Å²) in [6, 6.07) is 53.7. The molecule has 0 aliphatic carbocycles. The fourth-order valence-corrected chi connectivity index (χ4v) is 10.3. The van der Waals surface area contributed by atoms with Crippen molar-refractivity contribution in [1.82, 2.24) is 9.97 Å². The van der Waals surface area contributed by atoms with Crippen LogP contribution >= 0.6 is 34.0 Å². The van der Waals surface area contributed by atoms with Crippen molar-refractivity contribution in [3.8, 4) is 21.1 Å². The summed E-state index contributed by atoms with van der Waals surface area (Å²) in [5.74, 6) is 0. The van der Waals surface area contributed by atoms with Crippen molar-refractivity contribution in [2.75, 3.05) is 4.90 Å². The zero-order chi connectivity index (χ0) is 33.5. The maximum atomic E-state index is 6.26. The lowest BCUT2D eigenvalue weighted by atomic mass is 10.0. The first kappa shape index (κ1) is 28.9. The molecule has 0 aliphatic heterocycles. The zero-order valence-corrected chi connectivity index (χ0v) is 29.4. The highest BCUT2D eigenvalue weighted by Crippen LogP contribution is 2.47. The maximum absolute atomic E-state index is 6.26. The number of furan rings is 1. The Bertz CT molecular complexity index is 3050. The van der Waals surface area contributed by atoms with E-state index < -0.39 is 0 Å². The van der Waals surface area contributed by atoms with E-state index in [2.05, 4.69) is 138 Å². The van der Waals surface area contributed by atoms with Gasteiger partial charge in [-0.15, -0.1) is 34.0 Å². The second-order valence-corrected chi connectivity index (χ2v) is 15.7. The number of nitrogens with zero attached hydrogens (tertiary/aromatic N) is 3. The largest absolute Gasteiger partial charge is 0.456 e. The minimum atomic E-state index is 0.876. The second-order valence-electron chi connectivity index (χ2n) is 12.6. The SMILES string of the molecule is c1ccc2sc(-c3ccc(N(c4cc(-c5nc6ccccc6s5)c5c(c4)sc4ccccc45)c4ccc5oc6ccccc6c5c4)cc3)nc2c1. The molecule has 4 nitrogen and oxygen atoms in total. The molecule has 240 valence electrons. The average Bonchev–Trinajstić information content (AvgIpc) is 3.97. The van der Waals surface area contributed by atoms with Crippen LogP contribution in [0.5, 0.6) is 0 Å². The minimum absolute atomic E-state index is 0.876. The quantitative estimate of drug-likeness (QED) is 0.179. The van der Waals surface area contributed by atoms with E-state index in [0.717, 1.165) is 71.2 Å². The number of para-hydroxylation sites is 3. The van der Waals surface area contributed by atoms with Crippen molar-refractivity contribution >= 4 is 114 Å². The first-order valence-corrected chi connectivity index (χ1v) is 19.2. The van der Waals surface area contributed by atoms with E-state index in [4.69, 9.17) is 14.4 Å². The lowest BCUT2D eigenvalue weighted by molar-refractivity contribution is 0.669. The topological polar surface area (TPSA) is 42.2 Å². The smallest absolute Gasteiger partial charge is 0.135 e. The molecule has 0 spiro atoms.